The van der Waals surface area contributed by atoms with Gasteiger partial charge in [-0.25, -0.2) is 0 Å². The number of anilines is 1. The molecule has 0 aromatic heterocycles. The van der Waals surface area contributed by atoms with Crippen LogP contribution in [-0.4, -0.2) is 31.8 Å². The van der Waals surface area contributed by atoms with E-state index in [4.69, 9.17) is 4.74 Å². The monoisotopic (exact) mass is 262 g/mol. The van der Waals surface area contributed by atoms with Gasteiger partial charge < -0.3 is 15.0 Å². The second-order valence-corrected chi connectivity index (χ2v) is 5.57. The van der Waals surface area contributed by atoms with Gasteiger partial charge in [0.15, 0.2) is 0 Å². The third-order valence-electron chi connectivity index (χ3n) is 3.56. The van der Waals surface area contributed by atoms with E-state index in [0.717, 1.165) is 25.4 Å². The van der Waals surface area contributed by atoms with Gasteiger partial charge in [0.25, 0.3) is 0 Å². The molecule has 0 saturated carbocycles. The van der Waals surface area contributed by atoms with Crippen LogP contribution in [0.5, 0.6) is 5.75 Å². The van der Waals surface area contributed by atoms with Crippen LogP contribution in [0.15, 0.2) is 24.3 Å². The Morgan fingerprint density at radius 2 is 2.05 bits per heavy atom. The molecule has 0 bridgehead atoms. The van der Waals surface area contributed by atoms with E-state index in [-0.39, 0.29) is 6.10 Å². The van der Waals surface area contributed by atoms with Gasteiger partial charge >= 0.3 is 0 Å². The minimum absolute atomic E-state index is 0.216. The first-order chi connectivity index (χ1) is 9.18. The summed E-state index contributed by atoms with van der Waals surface area (Å²) < 4.78 is 5.96. The van der Waals surface area contributed by atoms with Crippen LogP contribution >= 0.6 is 0 Å². The quantitative estimate of drug-likeness (QED) is 0.906. The Morgan fingerprint density at radius 3 is 2.84 bits per heavy atom. The van der Waals surface area contributed by atoms with Gasteiger partial charge in [0.05, 0.1) is 11.8 Å². The molecule has 3 heteroatoms. The van der Waals surface area contributed by atoms with Crippen molar-refractivity contribution in [3.63, 3.8) is 0 Å². The van der Waals surface area contributed by atoms with Crippen LogP contribution in [0.2, 0.25) is 0 Å². The van der Waals surface area contributed by atoms with Crippen LogP contribution in [0.1, 0.15) is 33.6 Å². The first-order valence-electron chi connectivity index (χ1n) is 7.41. The highest BCUT2D eigenvalue weighted by Crippen LogP contribution is 2.31. The zero-order chi connectivity index (χ0) is 13.7. The van der Waals surface area contributed by atoms with Gasteiger partial charge in [-0.05, 0) is 58.8 Å². The Morgan fingerprint density at radius 1 is 1.26 bits per heavy atom. The van der Waals surface area contributed by atoms with Crippen molar-refractivity contribution in [1.29, 1.82) is 0 Å². The maximum atomic E-state index is 5.96. The molecule has 1 heterocycles. The summed E-state index contributed by atoms with van der Waals surface area (Å²) in [6.45, 7) is 9.77. The molecule has 106 valence electrons. The zero-order valence-electron chi connectivity index (χ0n) is 12.4. The molecule has 1 aromatic rings. The van der Waals surface area contributed by atoms with Gasteiger partial charge in [0.1, 0.15) is 5.75 Å². The summed E-state index contributed by atoms with van der Waals surface area (Å²) in [4.78, 5) is 2.50. The Labute approximate surface area is 116 Å². The highest BCUT2D eigenvalue weighted by molar-refractivity contribution is 5.59. The van der Waals surface area contributed by atoms with E-state index >= 15 is 0 Å². The number of hydrogen-bond acceptors (Lipinski definition) is 3. The Balaban J connectivity index is 2.22. The van der Waals surface area contributed by atoms with Gasteiger partial charge in [-0.15, -0.1) is 0 Å². The number of ether oxygens (including phenoxy) is 1. The third kappa shape index (κ3) is 3.87. The summed E-state index contributed by atoms with van der Waals surface area (Å²) in [6, 6.07) is 8.97. The number of benzene rings is 1. The lowest BCUT2D eigenvalue weighted by atomic mass is 10.1. The second kappa shape index (κ2) is 6.80. The summed E-state index contributed by atoms with van der Waals surface area (Å²) in [6.07, 6.45) is 2.57. The van der Waals surface area contributed by atoms with Crippen molar-refractivity contribution in [1.82, 2.24) is 5.32 Å². The largest absolute Gasteiger partial charge is 0.489 e. The van der Waals surface area contributed by atoms with Crippen LogP contribution in [0.3, 0.4) is 0 Å². The molecule has 1 fully saturated rings. The fraction of sp³-hybridized carbons (Fsp3) is 0.625. The van der Waals surface area contributed by atoms with Crippen molar-refractivity contribution in [3.8, 4) is 5.75 Å². The highest BCUT2D eigenvalue weighted by atomic mass is 16.5. The lowest BCUT2D eigenvalue weighted by Crippen LogP contribution is -2.40. The maximum Gasteiger partial charge on any atom is 0.142 e. The van der Waals surface area contributed by atoms with Crippen molar-refractivity contribution in [3.05, 3.63) is 24.3 Å². The number of hydrogen-bond donors (Lipinski definition) is 1. The van der Waals surface area contributed by atoms with Crippen LogP contribution in [0.25, 0.3) is 0 Å². The molecule has 0 spiro atoms. The first-order valence-corrected chi connectivity index (χ1v) is 7.41. The lowest BCUT2D eigenvalue weighted by molar-refractivity contribution is 0.242. The summed E-state index contributed by atoms with van der Waals surface area (Å²) in [5.41, 5.74) is 1.24. The number of rotatable bonds is 3. The Hall–Kier alpha value is -1.22. The SMILES string of the molecule is CC(C)Oc1ccccc1N1CCCNCCC1C. The van der Waals surface area contributed by atoms with E-state index in [1.165, 1.54) is 18.5 Å². The molecule has 1 aromatic carbocycles. The Bertz CT molecular complexity index is 392. The summed E-state index contributed by atoms with van der Waals surface area (Å²) in [5, 5.41) is 3.48. The van der Waals surface area contributed by atoms with Crippen molar-refractivity contribution in [2.24, 2.45) is 0 Å². The summed E-state index contributed by atoms with van der Waals surface area (Å²) in [7, 11) is 0. The fourth-order valence-electron chi connectivity index (χ4n) is 2.59. The van der Waals surface area contributed by atoms with Crippen molar-refractivity contribution < 1.29 is 4.74 Å². The number of nitrogens with one attached hydrogen (secondary N) is 1. The molecule has 2 rings (SSSR count). The molecule has 19 heavy (non-hydrogen) atoms. The minimum Gasteiger partial charge on any atom is -0.489 e. The molecular weight excluding hydrogens is 236 g/mol. The van der Waals surface area contributed by atoms with E-state index in [1.54, 1.807) is 0 Å². The fourth-order valence-corrected chi connectivity index (χ4v) is 2.59. The van der Waals surface area contributed by atoms with Crippen LogP contribution < -0.4 is 15.0 Å². The third-order valence-corrected chi connectivity index (χ3v) is 3.56. The zero-order valence-corrected chi connectivity index (χ0v) is 12.4. The molecular formula is C16H26N2O. The second-order valence-electron chi connectivity index (χ2n) is 5.57. The van der Waals surface area contributed by atoms with Crippen LogP contribution in [0.4, 0.5) is 5.69 Å². The van der Waals surface area contributed by atoms with Crippen LogP contribution in [-0.2, 0) is 0 Å². The molecule has 0 aliphatic carbocycles. The van der Waals surface area contributed by atoms with Gasteiger partial charge in [-0.1, -0.05) is 12.1 Å². The topological polar surface area (TPSA) is 24.5 Å². The highest BCUT2D eigenvalue weighted by Gasteiger charge is 2.19. The van der Waals surface area contributed by atoms with Gasteiger partial charge in [-0.3, -0.25) is 0 Å². The smallest absolute Gasteiger partial charge is 0.142 e. The molecule has 1 aliphatic heterocycles. The average Bonchev–Trinajstić information content (AvgIpc) is 2.35. The lowest BCUT2D eigenvalue weighted by Gasteiger charge is -2.34. The van der Waals surface area contributed by atoms with Gasteiger partial charge in [0.2, 0.25) is 0 Å². The molecule has 1 unspecified atom stereocenters. The maximum absolute atomic E-state index is 5.96. The normalized spacial score (nSPS) is 21.1. The number of nitrogens with zero attached hydrogens (tertiary/aromatic N) is 1. The molecule has 1 N–H and O–H groups in total. The van der Waals surface area contributed by atoms with Crippen molar-refractivity contribution >= 4 is 5.69 Å². The van der Waals surface area contributed by atoms with Crippen molar-refractivity contribution in [2.75, 3.05) is 24.5 Å². The average molecular weight is 262 g/mol. The van der Waals surface area contributed by atoms with Gasteiger partial charge in [-0.2, -0.15) is 0 Å². The molecule has 0 amide bonds. The van der Waals surface area contributed by atoms with E-state index in [2.05, 4.69) is 55.3 Å². The Kier molecular flexibility index (Phi) is 5.08. The standard InChI is InChI=1S/C16H26N2O/c1-13(2)19-16-8-5-4-7-15(16)18-12-6-10-17-11-9-14(18)3/h4-5,7-8,13-14,17H,6,9-12H2,1-3H3. The first kappa shape index (κ1) is 14.2. The van der Waals surface area contributed by atoms with E-state index in [1.807, 2.05) is 0 Å². The summed E-state index contributed by atoms with van der Waals surface area (Å²) >= 11 is 0. The molecule has 1 saturated heterocycles. The van der Waals surface area contributed by atoms with Crippen molar-refractivity contribution in [2.45, 2.75) is 45.8 Å². The minimum atomic E-state index is 0.216. The van der Waals surface area contributed by atoms with E-state index in [0.29, 0.717) is 6.04 Å². The van der Waals surface area contributed by atoms with Crippen LogP contribution in [0, 0.1) is 0 Å². The molecule has 0 radical (unpaired) electrons. The molecule has 1 aliphatic rings. The predicted molar refractivity (Wildman–Crippen MR) is 81.1 cm³/mol. The summed E-state index contributed by atoms with van der Waals surface area (Å²) in [5.74, 6) is 1.01. The van der Waals surface area contributed by atoms with E-state index < -0.39 is 0 Å². The van der Waals surface area contributed by atoms with E-state index in [9.17, 15) is 0 Å². The van der Waals surface area contributed by atoms with Gasteiger partial charge in [0, 0.05) is 12.6 Å². The molecule has 1 atom stereocenters. The number of para-hydroxylation sites is 2. The molecule has 3 nitrogen and oxygen atoms in total. The predicted octanol–water partition coefficient (Wildman–Crippen LogP) is 3.05.